The van der Waals surface area contributed by atoms with Crippen molar-refractivity contribution < 1.29 is 5.11 Å². The van der Waals surface area contributed by atoms with Crippen LogP contribution in [0.1, 0.15) is 31.1 Å². The van der Waals surface area contributed by atoms with Crippen LogP contribution in [0.25, 0.3) is 10.9 Å². The number of rotatable bonds is 2. The van der Waals surface area contributed by atoms with Crippen molar-refractivity contribution in [3.8, 4) is 0 Å². The summed E-state index contributed by atoms with van der Waals surface area (Å²) < 4.78 is 0. The van der Waals surface area contributed by atoms with Gasteiger partial charge in [0.25, 0.3) is 0 Å². The second kappa shape index (κ2) is 5.04. The minimum absolute atomic E-state index is 0.146. The molecule has 1 aromatic heterocycles. The van der Waals surface area contributed by atoms with E-state index in [4.69, 9.17) is 0 Å². The predicted molar refractivity (Wildman–Crippen MR) is 72.3 cm³/mol. The second-order valence-corrected chi connectivity index (χ2v) is 4.93. The quantitative estimate of drug-likeness (QED) is 0.850. The summed E-state index contributed by atoms with van der Waals surface area (Å²) in [6, 6.07) is 12.1. The first-order valence-corrected chi connectivity index (χ1v) is 6.62. The molecule has 0 bridgehead atoms. The zero-order valence-corrected chi connectivity index (χ0v) is 10.3. The summed E-state index contributed by atoms with van der Waals surface area (Å²) >= 11 is 0. The Labute approximate surface area is 107 Å². The van der Waals surface area contributed by atoms with E-state index in [1.165, 1.54) is 12.8 Å². The molecular formula is C15H18N2O. The van der Waals surface area contributed by atoms with Gasteiger partial charge in [-0.25, -0.2) is 0 Å². The smallest absolute Gasteiger partial charge is 0.111 e. The molecule has 2 atom stereocenters. The molecule has 1 aliphatic heterocycles. The van der Waals surface area contributed by atoms with Crippen molar-refractivity contribution in [3.63, 3.8) is 0 Å². The molecule has 18 heavy (non-hydrogen) atoms. The van der Waals surface area contributed by atoms with Gasteiger partial charge in [-0.1, -0.05) is 30.7 Å². The summed E-state index contributed by atoms with van der Waals surface area (Å²) in [6.07, 6.45) is 2.90. The first kappa shape index (κ1) is 11.6. The lowest BCUT2D eigenvalue weighted by Gasteiger charge is -2.27. The molecule has 0 spiro atoms. The van der Waals surface area contributed by atoms with Gasteiger partial charge in [-0.15, -0.1) is 0 Å². The van der Waals surface area contributed by atoms with Crippen LogP contribution >= 0.6 is 0 Å². The van der Waals surface area contributed by atoms with E-state index in [1.807, 2.05) is 36.4 Å². The van der Waals surface area contributed by atoms with Gasteiger partial charge in [-0.2, -0.15) is 0 Å². The fourth-order valence-corrected chi connectivity index (χ4v) is 2.60. The summed E-state index contributed by atoms with van der Waals surface area (Å²) in [5.41, 5.74) is 1.72. The summed E-state index contributed by atoms with van der Waals surface area (Å²) in [5.74, 6) is 0. The maximum atomic E-state index is 10.4. The van der Waals surface area contributed by atoms with Gasteiger partial charge in [0, 0.05) is 11.4 Å². The molecule has 3 heteroatoms. The number of fused-ring (bicyclic) bond motifs is 1. The SMILES string of the molecule is O[C@@H](c1ccc2ccccc2n1)[C@@H]1CCCCN1. The van der Waals surface area contributed by atoms with Gasteiger partial charge in [0.05, 0.1) is 11.2 Å². The Bertz CT molecular complexity index is 535. The maximum Gasteiger partial charge on any atom is 0.111 e. The number of para-hydroxylation sites is 1. The normalized spacial score (nSPS) is 21.9. The lowest BCUT2D eigenvalue weighted by atomic mass is 9.97. The van der Waals surface area contributed by atoms with E-state index in [9.17, 15) is 5.11 Å². The van der Waals surface area contributed by atoms with Crippen molar-refractivity contribution in [2.75, 3.05) is 6.54 Å². The molecule has 0 radical (unpaired) electrons. The zero-order chi connectivity index (χ0) is 12.4. The Balaban J connectivity index is 1.88. The van der Waals surface area contributed by atoms with Crippen LogP contribution in [0.4, 0.5) is 0 Å². The predicted octanol–water partition coefficient (Wildman–Crippen LogP) is 2.41. The number of piperidine rings is 1. The Morgan fingerprint density at radius 2 is 2.06 bits per heavy atom. The van der Waals surface area contributed by atoms with Crippen LogP contribution in [-0.2, 0) is 0 Å². The molecule has 1 fully saturated rings. The van der Waals surface area contributed by atoms with Gasteiger partial charge < -0.3 is 10.4 Å². The van der Waals surface area contributed by atoms with Gasteiger partial charge in [-0.05, 0) is 31.5 Å². The molecule has 1 aliphatic rings. The molecule has 1 aromatic carbocycles. The summed E-state index contributed by atoms with van der Waals surface area (Å²) in [5, 5.41) is 14.9. The number of nitrogens with one attached hydrogen (secondary N) is 1. The van der Waals surface area contributed by atoms with Crippen LogP contribution in [-0.4, -0.2) is 22.7 Å². The highest BCUT2D eigenvalue weighted by atomic mass is 16.3. The molecule has 2 N–H and O–H groups in total. The average Bonchev–Trinajstić information content (AvgIpc) is 2.47. The first-order valence-electron chi connectivity index (χ1n) is 6.62. The molecule has 2 aromatic rings. The van der Waals surface area contributed by atoms with Crippen molar-refractivity contribution in [1.82, 2.24) is 10.3 Å². The summed E-state index contributed by atoms with van der Waals surface area (Å²) in [6.45, 7) is 0.995. The maximum absolute atomic E-state index is 10.4. The van der Waals surface area contributed by atoms with E-state index in [2.05, 4.69) is 10.3 Å². The minimum atomic E-state index is -0.505. The van der Waals surface area contributed by atoms with Crippen molar-refractivity contribution in [2.45, 2.75) is 31.4 Å². The van der Waals surface area contributed by atoms with E-state index in [1.54, 1.807) is 0 Å². The van der Waals surface area contributed by atoms with E-state index >= 15 is 0 Å². The fraction of sp³-hybridized carbons (Fsp3) is 0.400. The topological polar surface area (TPSA) is 45.2 Å². The van der Waals surface area contributed by atoms with Crippen molar-refractivity contribution in [3.05, 3.63) is 42.1 Å². The van der Waals surface area contributed by atoms with E-state index in [-0.39, 0.29) is 6.04 Å². The summed E-state index contributed by atoms with van der Waals surface area (Å²) in [4.78, 5) is 4.56. The number of aliphatic hydroxyl groups excluding tert-OH is 1. The Morgan fingerprint density at radius 3 is 2.89 bits per heavy atom. The molecule has 0 saturated carbocycles. The zero-order valence-electron chi connectivity index (χ0n) is 10.3. The number of benzene rings is 1. The monoisotopic (exact) mass is 242 g/mol. The molecule has 2 heterocycles. The third kappa shape index (κ3) is 2.24. The second-order valence-electron chi connectivity index (χ2n) is 4.93. The van der Waals surface area contributed by atoms with Gasteiger partial charge >= 0.3 is 0 Å². The number of hydrogen-bond donors (Lipinski definition) is 2. The van der Waals surface area contributed by atoms with Gasteiger partial charge in [0.1, 0.15) is 6.10 Å². The largest absolute Gasteiger partial charge is 0.385 e. The number of aromatic nitrogens is 1. The minimum Gasteiger partial charge on any atom is -0.385 e. The molecular weight excluding hydrogens is 224 g/mol. The molecule has 3 nitrogen and oxygen atoms in total. The molecule has 0 aliphatic carbocycles. The number of hydrogen-bond acceptors (Lipinski definition) is 3. The third-order valence-corrected chi connectivity index (χ3v) is 3.65. The molecule has 94 valence electrons. The lowest BCUT2D eigenvalue weighted by molar-refractivity contribution is 0.110. The van der Waals surface area contributed by atoms with E-state index in [0.717, 1.165) is 29.6 Å². The number of pyridine rings is 1. The average molecular weight is 242 g/mol. The third-order valence-electron chi connectivity index (χ3n) is 3.65. The van der Waals surface area contributed by atoms with Crippen molar-refractivity contribution in [2.24, 2.45) is 0 Å². The van der Waals surface area contributed by atoms with E-state index in [0.29, 0.717) is 0 Å². The van der Waals surface area contributed by atoms with Crippen molar-refractivity contribution in [1.29, 1.82) is 0 Å². The van der Waals surface area contributed by atoms with Crippen LogP contribution in [0.2, 0.25) is 0 Å². The van der Waals surface area contributed by atoms with Gasteiger partial charge in [-0.3, -0.25) is 4.98 Å². The number of nitrogens with zero attached hydrogens (tertiary/aromatic N) is 1. The Kier molecular flexibility index (Phi) is 3.26. The highest BCUT2D eigenvalue weighted by Gasteiger charge is 2.23. The van der Waals surface area contributed by atoms with Crippen LogP contribution in [0.15, 0.2) is 36.4 Å². The summed E-state index contributed by atoms with van der Waals surface area (Å²) in [7, 11) is 0. The fourth-order valence-electron chi connectivity index (χ4n) is 2.60. The van der Waals surface area contributed by atoms with E-state index < -0.39 is 6.10 Å². The molecule has 0 amide bonds. The number of aliphatic hydroxyl groups is 1. The first-order chi connectivity index (χ1) is 8.84. The Hall–Kier alpha value is -1.45. The standard InChI is InChI=1S/C15H18N2O/c18-15(13-7-3-4-10-16-13)14-9-8-11-5-1-2-6-12(11)17-14/h1-2,5-6,8-9,13,15-16,18H,3-4,7,10H2/t13-,15+/m0/s1. The Morgan fingerprint density at radius 1 is 1.17 bits per heavy atom. The lowest BCUT2D eigenvalue weighted by Crippen LogP contribution is -2.39. The van der Waals surface area contributed by atoms with Crippen LogP contribution in [0, 0.1) is 0 Å². The molecule has 0 unspecified atom stereocenters. The molecule has 3 rings (SSSR count). The van der Waals surface area contributed by atoms with Crippen LogP contribution < -0.4 is 5.32 Å². The highest BCUT2D eigenvalue weighted by Crippen LogP contribution is 2.23. The molecule has 1 saturated heterocycles. The van der Waals surface area contributed by atoms with Crippen LogP contribution in [0.3, 0.4) is 0 Å². The van der Waals surface area contributed by atoms with Gasteiger partial charge in [0.15, 0.2) is 0 Å². The van der Waals surface area contributed by atoms with Gasteiger partial charge in [0.2, 0.25) is 0 Å². The highest BCUT2D eigenvalue weighted by molar-refractivity contribution is 5.78. The van der Waals surface area contributed by atoms with Crippen molar-refractivity contribution >= 4 is 10.9 Å². The van der Waals surface area contributed by atoms with Crippen LogP contribution in [0.5, 0.6) is 0 Å².